The number of benzene rings is 2. The van der Waals surface area contributed by atoms with Gasteiger partial charge in [-0.2, -0.15) is 0 Å². The summed E-state index contributed by atoms with van der Waals surface area (Å²) in [5.41, 5.74) is 2.74. The first-order valence-corrected chi connectivity index (χ1v) is 11.0. The molecular weight excluding hydrogens is 393 g/mol. The normalized spacial score (nSPS) is 15.9. The Bertz CT molecular complexity index is 869. The van der Waals surface area contributed by atoms with Crippen molar-refractivity contribution in [2.75, 3.05) is 33.3 Å². The highest BCUT2D eigenvalue weighted by Crippen LogP contribution is 2.32. The maximum atomic E-state index is 14.0. The molecule has 0 bridgehead atoms. The van der Waals surface area contributed by atoms with Crippen LogP contribution in [0.1, 0.15) is 55.2 Å². The van der Waals surface area contributed by atoms with Crippen molar-refractivity contribution in [2.24, 2.45) is 0 Å². The lowest BCUT2D eigenvalue weighted by Gasteiger charge is -2.36. The third kappa shape index (κ3) is 5.25. The fourth-order valence-electron chi connectivity index (χ4n) is 4.42. The first-order chi connectivity index (χ1) is 14.8. The average Bonchev–Trinajstić information content (AvgIpc) is 2.75. The lowest BCUT2D eigenvalue weighted by atomic mass is 9.95. The van der Waals surface area contributed by atoms with Crippen LogP contribution < -0.4 is 10.1 Å². The van der Waals surface area contributed by atoms with Gasteiger partial charge in [0, 0.05) is 43.8 Å². The fourth-order valence-corrected chi connectivity index (χ4v) is 4.42. The molecule has 1 aliphatic rings. The van der Waals surface area contributed by atoms with Crippen LogP contribution in [0.5, 0.6) is 5.75 Å². The highest BCUT2D eigenvalue weighted by atomic mass is 19.1. The second-order valence-corrected chi connectivity index (χ2v) is 8.60. The summed E-state index contributed by atoms with van der Waals surface area (Å²) in [6.07, 6.45) is 0. The molecule has 1 aliphatic heterocycles. The van der Waals surface area contributed by atoms with Crippen LogP contribution in [-0.2, 0) is 0 Å². The van der Waals surface area contributed by atoms with E-state index in [4.69, 9.17) is 4.74 Å². The number of hydrogen-bond donors (Lipinski definition) is 1. The highest BCUT2D eigenvalue weighted by molar-refractivity contribution is 5.94. The van der Waals surface area contributed by atoms with E-state index >= 15 is 0 Å². The average molecular weight is 428 g/mol. The Morgan fingerprint density at radius 2 is 1.58 bits per heavy atom. The molecule has 6 heteroatoms. The number of amides is 1. The maximum Gasteiger partial charge on any atom is 0.254 e. The number of carbonyl (C=O) groups is 1. The molecule has 0 aromatic heterocycles. The molecule has 5 nitrogen and oxygen atoms in total. The van der Waals surface area contributed by atoms with Crippen LogP contribution >= 0.6 is 0 Å². The van der Waals surface area contributed by atoms with Gasteiger partial charge in [0.15, 0.2) is 11.6 Å². The molecule has 1 heterocycles. The van der Waals surface area contributed by atoms with E-state index in [0.717, 1.165) is 37.3 Å². The van der Waals surface area contributed by atoms with Crippen LogP contribution in [0.2, 0.25) is 0 Å². The van der Waals surface area contributed by atoms with Crippen molar-refractivity contribution in [1.82, 2.24) is 15.1 Å². The maximum absolute atomic E-state index is 14.0. The van der Waals surface area contributed by atoms with E-state index in [9.17, 15) is 9.18 Å². The van der Waals surface area contributed by atoms with Gasteiger partial charge in [-0.3, -0.25) is 9.69 Å². The van der Waals surface area contributed by atoms with E-state index in [2.05, 4.69) is 10.2 Å². The van der Waals surface area contributed by atoms with Gasteiger partial charge in [-0.1, -0.05) is 18.2 Å². The first kappa shape index (κ1) is 23.2. The van der Waals surface area contributed by atoms with E-state index in [-0.39, 0.29) is 35.6 Å². The molecule has 1 atom stereocenters. The molecule has 31 heavy (non-hydrogen) atoms. The smallest absolute Gasteiger partial charge is 0.254 e. The number of carbonyl (C=O) groups excluding carboxylic acids is 1. The number of hydrogen-bond acceptors (Lipinski definition) is 4. The second-order valence-electron chi connectivity index (χ2n) is 8.60. The Morgan fingerprint density at radius 3 is 2.13 bits per heavy atom. The zero-order valence-electron chi connectivity index (χ0n) is 19.2. The molecule has 1 fully saturated rings. The predicted octanol–water partition coefficient (Wildman–Crippen LogP) is 4.09. The van der Waals surface area contributed by atoms with Crippen LogP contribution in [0.15, 0.2) is 42.5 Å². The molecule has 0 spiro atoms. The monoisotopic (exact) mass is 427 g/mol. The van der Waals surface area contributed by atoms with E-state index in [1.54, 1.807) is 6.07 Å². The van der Waals surface area contributed by atoms with Crippen molar-refractivity contribution in [3.8, 4) is 5.75 Å². The molecule has 3 rings (SSSR count). The van der Waals surface area contributed by atoms with E-state index in [1.165, 1.54) is 13.2 Å². The third-order valence-electron chi connectivity index (χ3n) is 5.83. The quantitative estimate of drug-likeness (QED) is 0.723. The molecule has 0 saturated carbocycles. The van der Waals surface area contributed by atoms with Crippen LogP contribution in [0, 0.1) is 5.82 Å². The second kappa shape index (κ2) is 10.2. The molecule has 2 aromatic carbocycles. The summed E-state index contributed by atoms with van der Waals surface area (Å²) >= 11 is 0. The Kier molecular flexibility index (Phi) is 7.68. The summed E-state index contributed by atoms with van der Waals surface area (Å²) in [5.74, 6) is -0.0821. The summed E-state index contributed by atoms with van der Waals surface area (Å²) in [6, 6.07) is 13.2. The number of piperazine rings is 1. The van der Waals surface area contributed by atoms with Crippen LogP contribution in [-0.4, -0.2) is 61.1 Å². The van der Waals surface area contributed by atoms with Crippen molar-refractivity contribution in [2.45, 2.75) is 45.8 Å². The molecule has 2 aromatic rings. The van der Waals surface area contributed by atoms with Gasteiger partial charge >= 0.3 is 0 Å². The number of rotatable bonds is 7. The fraction of sp³-hybridized carbons (Fsp3) is 0.480. The van der Waals surface area contributed by atoms with Gasteiger partial charge in [0.25, 0.3) is 5.91 Å². The van der Waals surface area contributed by atoms with Crippen LogP contribution in [0.3, 0.4) is 0 Å². The minimum Gasteiger partial charge on any atom is -0.494 e. The van der Waals surface area contributed by atoms with Crippen LogP contribution in [0.25, 0.3) is 0 Å². The summed E-state index contributed by atoms with van der Waals surface area (Å²) in [5, 5.41) is 3.39. The Hall–Kier alpha value is -2.44. The van der Waals surface area contributed by atoms with E-state index < -0.39 is 0 Å². The van der Waals surface area contributed by atoms with E-state index in [1.807, 2.05) is 62.9 Å². The van der Waals surface area contributed by atoms with Crippen molar-refractivity contribution >= 4 is 5.91 Å². The van der Waals surface area contributed by atoms with Gasteiger partial charge in [-0.15, -0.1) is 0 Å². The number of methoxy groups -OCH3 is 1. The number of halogens is 1. The van der Waals surface area contributed by atoms with Gasteiger partial charge in [0.1, 0.15) is 0 Å². The Labute approximate surface area is 185 Å². The van der Waals surface area contributed by atoms with E-state index in [0.29, 0.717) is 5.56 Å². The molecule has 1 N–H and O–H groups in total. The third-order valence-corrected chi connectivity index (χ3v) is 5.83. The minimum atomic E-state index is -0.367. The summed E-state index contributed by atoms with van der Waals surface area (Å²) < 4.78 is 19.3. The molecule has 1 amide bonds. The first-order valence-electron chi connectivity index (χ1n) is 11.0. The topological polar surface area (TPSA) is 44.8 Å². The minimum absolute atomic E-state index is 0.0351. The van der Waals surface area contributed by atoms with Gasteiger partial charge in [-0.25, -0.2) is 4.39 Å². The van der Waals surface area contributed by atoms with Gasteiger partial charge in [0.05, 0.1) is 13.2 Å². The SMILES string of the molecule is COc1cc(C(c2ccc(C(=O)N(C(C)C)C(C)C)cc2)N2CCNCC2)ccc1F. The molecular formula is C25H34FN3O2. The van der Waals surface area contributed by atoms with Crippen LogP contribution in [0.4, 0.5) is 4.39 Å². The molecule has 0 radical (unpaired) electrons. The summed E-state index contributed by atoms with van der Waals surface area (Å²) in [7, 11) is 1.48. The number of nitrogens with zero attached hydrogens (tertiary/aromatic N) is 2. The number of nitrogens with one attached hydrogen (secondary N) is 1. The number of ether oxygens (including phenoxy) is 1. The predicted molar refractivity (Wildman–Crippen MR) is 122 cm³/mol. The zero-order chi connectivity index (χ0) is 22.5. The van der Waals surface area contributed by atoms with Crippen molar-refractivity contribution in [1.29, 1.82) is 0 Å². The summed E-state index contributed by atoms with van der Waals surface area (Å²) in [4.78, 5) is 17.3. The molecule has 1 saturated heterocycles. The van der Waals surface area contributed by atoms with Gasteiger partial charge in [-0.05, 0) is 63.1 Å². The highest BCUT2D eigenvalue weighted by Gasteiger charge is 2.26. The van der Waals surface area contributed by atoms with Gasteiger partial charge in [0.2, 0.25) is 0 Å². The zero-order valence-corrected chi connectivity index (χ0v) is 19.2. The molecule has 1 unspecified atom stereocenters. The van der Waals surface area contributed by atoms with Crippen molar-refractivity contribution in [3.05, 3.63) is 65.0 Å². The Balaban J connectivity index is 1.95. The summed E-state index contributed by atoms with van der Waals surface area (Å²) in [6.45, 7) is 11.7. The van der Waals surface area contributed by atoms with Crippen molar-refractivity contribution in [3.63, 3.8) is 0 Å². The largest absolute Gasteiger partial charge is 0.494 e. The molecule has 168 valence electrons. The molecule has 0 aliphatic carbocycles. The lowest BCUT2D eigenvalue weighted by Crippen LogP contribution is -2.45. The van der Waals surface area contributed by atoms with Crippen molar-refractivity contribution < 1.29 is 13.9 Å². The lowest BCUT2D eigenvalue weighted by molar-refractivity contribution is 0.0643. The van der Waals surface area contributed by atoms with Gasteiger partial charge < -0.3 is 15.0 Å². The standard InChI is InChI=1S/C25H34FN3O2/c1-17(2)29(18(3)4)25(30)20-8-6-19(7-9-20)24(28-14-12-27-13-15-28)21-10-11-22(26)23(16-21)31-5/h6-11,16-18,24,27H,12-15H2,1-5H3. The Morgan fingerprint density at radius 1 is 1.00 bits per heavy atom.